The second kappa shape index (κ2) is 7.37. The minimum atomic E-state index is -0.895. The number of amides is 2. The molecule has 0 aromatic heterocycles. The summed E-state index contributed by atoms with van der Waals surface area (Å²) in [4.78, 5) is 53.3. The normalized spacial score (nSPS) is 35.9. The second-order valence-electron chi connectivity index (χ2n) is 9.82. The molecule has 6 nitrogen and oxygen atoms in total. The fourth-order valence-corrected chi connectivity index (χ4v) is 6.36. The number of anilines is 1. The summed E-state index contributed by atoms with van der Waals surface area (Å²) in [5.41, 5.74) is 0.604. The van der Waals surface area contributed by atoms with Crippen molar-refractivity contribution >= 4 is 29.3 Å². The van der Waals surface area contributed by atoms with E-state index in [0.29, 0.717) is 23.9 Å². The van der Waals surface area contributed by atoms with Gasteiger partial charge in [0.25, 0.3) is 0 Å². The smallest absolute Gasteiger partial charge is 0.338 e. The number of imide groups is 1. The van der Waals surface area contributed by atoms with Crippen molar-refractivity contribution in [3.8, 4) is 0 Å². The van der Waals surface area contributed by atoms with Crippen LogP contribution >= 0.6 is 0 Å². The number of carbonyl (C=O) groups is 4. The highest BCUT2D eigenvalue weighted by molar-refractivity contribution is 6.23. The van der Waals surface area contributed by atoms with E-state index in [1.165, 1.54) is 11.0 Å². The van der Waals surface area contributed by atoms with Crippen LogP contribution in [0.5, 0.6) is 0 Å². The molecule has 0 radical (unpaired) electrons. The third-order valence-electron chi connectivity index (χ3n) is 8.03. The maximum Gasteiger partial charge on any atom is 0.338 e. The van der Waals surface area contributed by atoms with Gasteiger partial charge in [0.15, 0.2) is 11.9 Å². The van der Waals surface area contributed by atoms with Crippen molar-refractivity contribution < 1.29 is 23.9 Å². The monoisotopic (exact) mass is 443 g/mol. The highest BCUT2D eigenvalue weighted by Gasteiger charge is 2.67. The molecule has 1 aromatic carbocycles. The Balaban J connectivity index is 1.20. The molecule has 2 saturated carbocycles. The molecule has 168 valence electrons. The molecule has 6 heteroatoms. The van der Waals surface area contributed by atoms with Crippen LogP contribution in [0.25, 0.3) is 0 Å². The second-order valence-corrected chi connectivity index (χ2v) is 9.82. The maximum absolute atomic E-state index is 13.3. The van der Waals surface area contributed by atoms with Gasteiger partial charge >= 0.3 is 5.97 Å². The molecule has 6 aliphatic rings. The summed E-state index contributed by atoms with van der Waals surface area (Å²) in [5.74, 6) is -0.650. The zero-order valence-electron chi connectivity index (χ0n) is 18.3. The summed E-state index contributed by atoms with van der Waals surface area (Å²) < 4.78 is 5.44. The molecule has 3 fully saturated rings. The van der Waals surface area contributed by atoms with Crippen LogP contribution in [-0.4, -0.2) is 29.7 Å². The Morgan fingerprint density at radius 3 is 2.33 bits per heavy atom. The average Bonchev–Trinajstić information content (AvgIpc) is 3.62. The lowest BCUT2D eigenvalue weighted by molar-refractivity contribution is -0.129. The number of allylic oxidation sites excluding steroid dienone is 6. The minimum absolute atomic E-state index is 0.148. The van der Waals surface area contributed by atoms with E-state index in [2.05, 4.69) is 12.2 Å². The fraction of sp³-hybridized carbons (Fsp3) is 0.407. The van der Waals surface area contributed by atoms with E-state index in [9.17, 15) is 19.2 Å². The highest BCUT2D eigenvalue weighted by atomic mass is 16.5. The Kier molecular flexibility index (Phi) is 4.54. The van der Waals surface area contributed by atoms with Gasteiger partial charge in [0.1, 0.15) is 0 Å². The zero-order chi connectivity index (χ0) is 22.9. The summed E-state index contributed by atoms with van der Waals surface area (Å²) in [5, 5.41) is 0. The third kappa shape index (κ3) is 3.07. The van der Waals surface area contributed by atoms with Gasteiger partial charge in [-0.3, -0.25) is 14.4 Å². The minimum Gasteiger partial charge on any atom is -0.451 e. The summed E-state index contributed by atoms with van der Waals surface area (Å²) in [6.07, 6.45) is 12.5. The number of hydrogen-bond donors (Lipinski definition) is 0. The number of esters is 1. The van der Waals surface area contributed by atoms with Crippen molar-refractivity contribution in [1.82, 2.24) is 0 Å². The number of rotatable bonds is 5. The molecule has 0 N–H and O–H groups in total. The molecule has 33 heavy (non-hydrogen) atoms. The van der Waals surface area contributed by atoms with Gasteiger partial charge in [-0.25, -0.2) is 9.69 Å². The van der Waals surface area contributed by atoms with Crippen LogP contribution in [0.1, 0.15) is 30.1 Å². The number of ketones is 1. The largest absolute Gasteiger partial charge is 0.451 e. The molecule has 5 aliphatic carbocycles. The van der Waals surface area contributed by atoms with Gasteiger partial charge in [0.05, 0.1) is 23.1 Å². The standard InChI is InChI=1S/C27H25NO5/c1-14(24(29)15-6-3-2-4-7-15)33-27(32)16-8-5-9-17(12-16)28-25(30)22-18-10-11-19(21-13-20(18)21)23(22)26(28)31/h2-6,8-12,14-15,18-23H,7,13H2,1H3/t14-,15-,18-,19-,20-,21+,22+,23+/m0/s1. The van der Waals surface area contributed by atoms with Crippen LogP contribution in [0.2, 0.25) is 0 Å². The van der Waals surface area contributed by atoms with Gasteiger partial charge in [-0.05, 0) is 61.6 Å². The van der Waals surface area contributed by atoms with Crippen molar-refractivity contribution in [2.45, 2.75) is 25.9 Å². The summed E-state index contributed by atoms with van der Waals surface area (Å²) in [6, 6.07) is 6.41. The van der Waals surface area contributed by atoms with Crippen LogP contribution < -0.4 is 4.90 Å². The highest BCUT2D eigenvalue weighted by Crippen LogP contribution is 2.65. The van der Waals surface area contributed by atoms with E-state index in [-0.39, 0.29) is 52.8 Å². The number of ether oxygens (including phenoxy) is 1. The number of Topliss-reactive ketones (excluding diaryl/α,β-unsaturated/α-hetero) is 1. The molecule has 1 aliphatic heterocycles. The first kappa shape index (κ1) is 20.3. The first-order valence-electron chi connectivity index (χ1n) is 11.7. The van der Waals surface area contributed by atoms with Gasteiger partial charge in [-0.1, -0.05) is 42.5 Å². The van der Waals surface area contributed by atoms with Crippen LogP contribution in [0.3, 0.4) is 0 Å². The first-order chi connectivity index (χ1) is 16.0. The summed E-state index contributed by atoms with van der Waals surface area (Å²) in [6.45, 7) is 1.57. The number of carbonyl (C=O) groups excluding carboxylic acids is 4. The molecule has 2 bridgehead atoms. The average molecular weight is 443 g/mol. The first-order valence-corrected chi connectivity index (χ1v) is 11.7. The molecule has 0 spiro atoms. The topological polar surface area (TPSA) is 80.8 Å². The Morgan fingerprint density at radius 1 is 1.00 bits per heavy atom. The van der Waals surface area contributed by atoms with E-state index in [4.69, 9.17) is 4.74 Å². The van der Waals surface area contributed by atoms with Crippen LogP contribution in [0.4, 0.5) is 5.69 Å². The van der Waals surface area contributed by atoms with Crippen LogP contribution in [0.15, 0.2) is 60.7 Å². The van der Waals surface area contributed by atoms with Crippen molar-refractivity contribution in [3.63, 3.8) is 0 Å². The summed E-state index contributed by atoms with van der Waals surface area (Å²) >= 11 is 0. The predicted molar refractivity (Wildman–Crippen MR) is 120 cm³/mol. The van der Waals surface area contributed by atoms with Crippen molar-refractivity contribution in [2.24, 2.45) is 41.4 Å². The van der Waals surface area contributed by atoms with E-state index in [0.717, 1.165) is 6.42 Å². The number of benzene rings is 1. The molecule has 1 saturated heterocycles. The SMILES string of the molecule is C[C@H](OC(=O)c1cccc(N2C(=O)[C@@H]3[C@H]4C=C[C@@H]([C@@H]5C[C@H]45)[C@H]3C2=O)c1)C(=O)[C@H]1C=CC=CC1. The van der Waals surface area contributed by atoms with Crippen molar-refractivity contribution in [1.29, 1.82) is 0 Å². The Labute approximate surface area is 192 Å². The van der Waals surface area contributed by atoms with Crippen LogP contribution in [0, 0.1) is 41.4 Å². The van der Waals surface area contributed by atoms with E-state index >= 15 is 0 Å². The van der Waals surface area contributed by atoms with Gasteiger partial charge in [0, 0.05) is 5.92 Å². The lowest BCUT2D eigenvalue weighted by Crippen LogP contribution is -2.40. The van der Waals surface area contributed by atoms with Gasteiger partial charge < -0.3 is 4.74 Å². The molecule has 8 atom stereocenters. The number of nitrogens with zero attached hydrogens (tertiary/aromatic N) is 1. The number of hydrogen-bond acceptors (Lipinski definition) is 5. The Morgan fingerprint density at radius 2 is 1.70 bits per heavy atom. The molecule has 1 heterocycles. The molecular weight excluding hydrogens is 418 g/mol. The van der Waals surface area contributed by atoms with Gasteiger partial charge in [-0.2, -0.15) is 0 Å². The van der Waals surface area contributed by atoms with Crippen LogP contribution in [-0.2, 0) is 19.1 Å². The molecule has 1 aromatic rings. The van der Waals surface area contributed by atoms with Crippen molar-refractivity contribution in [2.75, 3.05) is 4.90 Å². The Bertz CT molecular complexity index is 1130. The van der Waals surface area contributed by atoms with E-state index < -0.39 is 12.1 Å². The summed E-state index contributed by atoms with van der Waals surface area (Å²) in [7, 11) is 0. The van der Waals surface area contributed by atoms with E-state index in [1.54, 1.807) is 25.1 Å². The van der Waals surface area contributed by atoms with Gasteiger partial charge in [0.2, 0.25) is 11.8 Å². The van der Waals surface area contributed by atoms with E-state index in [1.807, 2.05) is 24.3 Å². The molecule has 0 unspecified atom stereocenters. The molecule has 2 amide bonds. The fourth-order valence-electron chi connectivity index (χ4n) is 6.36. The Hall–Kier alpha value is -3.28. The zero-order valence-corrected chi connectivity index (χ0v) is 18.3. The van der Waals surface area contributed by atoms with Gasteiger partial charge in [-0.15, -0.1) is 0 Å². The molecule has 7 rings (SSSR count). The maximum atomic E-state index is 13.3. The molecular formula is C27H25NO5. The predicted octanol–water partition coefficient (Wildman–Crippen LogP) is 3.49. The quantitative estimate of drug-likeness (QED) is 0.395. The van der Waals surface area contributed by atoms with Crippen molar-refractivity contribution in [3.05, 3.63) is 66.3 Å². The lowest BCUT2D eigenvalue weighted by atomic mass is 9.63. The lowest BCUT2D eigenvalue weighted by Gasteiger charge is -2.37. The third-order valence-corrected chi connectivity index (χ3v) is 8.03.